The summed E-state index contributed by atoms with van der Waals surface area (Å²) in [5.74, 6) is -1.55. The predicted molar refractivity (Wildman–Crippen MR) is 92.1 cm³/mol. The molecule has 2 atom stereocenters. The molecule has 0 aliphatic carbocycles. The van der Waals surface area contributed by atoms with Crippen molar-refractivity contribution in [2.45, 2.75) is 23.0 Å². The predicted octanol–water partition coefficient (Wildman–Crippen LogP) is 2.78. The molecule has 1 N–H and O–H groups in total. The lowest BCUT2D eigenvalue weighted by Gasteiger charge is -2.27. The maximum atomic E-state index is 12.9. The standard InChI is InChI=1S/C18H14N2O3S/c1-10(21)20-13-8-4-2-6-11(13)15(18(20)23)16-17(22)19-12-7-3-5-9-14(12)24-16/h2-9,15-16H,1H3,(H,19,22). The van der Waals surface area contributed by atoms with E-state index in [0.717, 1.165) is 16.1 Å². The second-order valence-corrected chi connectivity index (χ2v) is 6.94. The normalized spacial score (nSPS) is 22.0. The number of anilines is 2. The van der Waals surface area contributed by atoms with Gasteiger partial charge in [0.1, 0.15) is 5.25 Å². The van der Waals surface area contributed by atoms with Crippen LogP contribution in [0.25, 0.3) is 0 Å². The van der Waals surface area contributed by atoms with E-state index in [2.05, 4.69) is 5.32 Å². The highest BCUT2D eigenvalue weighted by molar-refractivity contribution is 8.01. The number of hydrogen-bond acceptors (Lipinski definition) is 4. The highest BCUT2D eigenvalue weighted by atomic mass is 32.2. The van der Waals surface area contributed by atoms with Gasteiger partial charge in [0.15, 0.2) is 0 Å². The van der Waals surface area contributed by atoms with E-state index in [1.165, 1.54) is 23.6 Å². The molecule has 0 saturated carbocycles. The largest absolute Gasteiger partial charge is 0.324 e. The lowest BCUT2D eigenvalue weighted by molar-refractivity contribution is -0.127. The molecule has 0 fully saturated rings. The minimum Gasteiger partial charge on any atom is -0.324 e. The molecule has 0 saturated heterocycles. The number of rotatable bonds is 1. The molecule has 2 aromatic carbocycles. The van der Waals surface area contributed by atoms with Gasteiger partial charge >= 0.3 is 0 Å². The van der Waals surface area contributed by atoms with Gasteiger partial charge in [-0.05, 0) is 23.8 Å². The minimum absolute atomic E-state index is 0.211. The van der Waals surface area contributed by atoms with Gasteiger partial charge in [0.2, 0.25) is 17.7 Å². The second kappa shape index (κ2) is 5.49. The van der Waals surface area contributed by atoms with Crippen LogP contribution >= 0.6 is 11.8 Å². The molecule has 2 heterocycles. The number of benzene rings is 2. The fraction of sp³-hybridized carbons (Fsp3) is 0.167. The van der Waals surface area contributed by atoms with Gasteiger partial charge in [0, 0.05) is 11.8 Å². The fourth-order valence-corrected chi connectivity index (χ4v) is 4.49. The molecule has 2 aliphatic heterocycles. The van der Waals surface area contributed by atoms with E-state index in [0.29, 0.717) is 5.69 Å². The molecule has 0 radical (unpaired) electrons. The SMILES string of the molecule is CC(=O)N1C(=O)C(C2Sc3ccccc3NC2=O)c2ccccc21. The smallest absolute Gasteiger partial charge is 0.243 e. The molecular formula is C18H14N2O3S. The third-order valence-corrected chi connectivity index (χ3v) is 5.62. The van der Waals surface area contributed by atoms with Crippen molar-refractivity contribution in [3.63, 3.8) is 0 Å². The van der Waals surface area contributed by atoms with Crippen LogP contribution in [0.4, 0.5) is 11.4 Å². The van der Waals surface area contributed by atoms with Crippen LogP contribution in [-0.2, 0) is 14.4 Å². The Morgan fingerprint density at radius 2 is 1.79 bits per heavy atom. The summed E-state index contributed by atoms with van der Waals surface area (Å²) >= 11 is 1.37. The minimum atomic E-state index is -0.663. The summed E-state index contributed by atoms with van der Waals surface area (Å²) in [5.41, 5.74) is 2.06. The molecule has 0 bridgehead atoms. The van der Waals surface area contributed by atoms with Crippen molar-refractivity contribution in [1.29, 1.82) is 0 Å². The zero-order valence-electron chi connectivity index (χ0n) is 12.9. The maximum absolute atomic E-state index is 12.9. The van der Waals surface area contributed by atoms with E-state index in [1.54, 1.807) is 12.1 Å². The Hall–Kier alpha value is -2.60. The van der Waals surface area contributed by atoms with Gasteiger partial charge in [0.05, 0.1) is 17.3 Å². The first-order valence-corrected chi connectivity index (χ1v) is 8.46. The van der Waals surface area contributed by atoms with E-state index in [-0.39, 0.29) is 17.7 Å². The van der Waals surface area contributed by atoms with Crippen molar-refractivity contribution in [2.75, 3.05) is 10.2 Å². The molecule has 4 rings (SSSR count). The van der Waals surface area contributed by atoms with Crippen molar-refractivity contribution in [1.82, 2.24) is 0 Å². The molecule has 5 nitrogen and oxygen atoms in total. The van der Waals surface area contributed by atoms with E-state index in [9.17, 15) is 14.4 Å². The monoisotopic (exact) mass is 338 g/mol. The molecular weight excluding hydrogens is 324 g/mol. The topological polar surface area (TPSA) is 66.5 Å². The number of para-hydroxylation sites is 2. The average molecular weight is 338 g/mol. The highest BCUT2D eigenvalue weighted by Crippen LogP contribution is 2.47. The number of nitrogens with one attached hydrogen (secondary N) is 1. The Morgan fingerprint density at radius 3 is 2.58 bits per heavy atom. The van der Waals surface area contributed by atoms with Gasteiger partial charge in [-0.25, -0.2) is 4.90 Å². The Morgan fingerprint density at radius 1 is 1.08 bits per heavy atom. The van der Waals surface area contributed by atoms with E-state index >= 15 is 0 Å². The lowest BCUT2D eigenvalue weighted by atomic mass is 9.96. The van der Waals surface area contributed by atoms with Crippen molar-refractivity contribution in [2.24, 2.45) is 0 Å². The van der Waals surface area contributed by atoms with Crippen LogP contribution in [0.2, 0.25) is 0 Å². The van der Waals surface area contributed by atoms with E-state index in [4.69, 9.17) is 0 Å². The zero-order valence-corrected chi connectivity index (χ0v) is 13.7. The molecule has 2 unspecified atom stereocenters. The summed E-state index contributed by atoms with van der Waals surface area (Å²) in [6.07, 6.45) is 0. The Labute approximate surface area is 143 Å². The zero-order chi connectivity index (χ0) is 16.8. The van der Waals surface area contributed by atoms with Gasteiger partial charge in [-0.1, -0.05) is 30.3 Å². The van der Waals surface area contributed by atoms with Crippen molar-refractivity contribution in [3.05, 3.63) is 54.1 Å². The lowest BCUT2D eigenvalue weighted by Crippen LogP contribution is -2.40. The first kappa shape index (κ1) is 15.0. The van der Waals surface area contributed by atoms with Crippen LogP contribution in [0.15, 0.2) is 53.4 Å². The quantitative estimate of drug-likeness (QED) is 0.868. The fourth-order valence-electron chi connectivity index (χ4n) is 3.25. The summed E-state index contributed by atoms with van der Waals surface area (Å²) in [5, 5.41) is 2.27. The molecule has 120 valence electrons. The number of thioether (sulfide) groups is 1. The number of imide groups is 1. The van der Waals surface area contributed by atoms with Crippen LogP contribution in [0.1, 0.15) is 18.4 Å². The molecule has 3 amide bonds. The Kier molecular flexibility index (Phi) is 3.42. The first-order chi connectivity index (χ1) is 11.6. The van der Waals surface area contributed by atoms with Gasteiger partial charge in [0.25, 0.3) is 0 Å². The van der Waals surface area contributed by atoms with Crippen molar-refractivity contribution in [3.8, 4) is 0 Å². The number of carbonyl (C=O) groups is 3. The average Bonchev–Trinajstić information content (AvgIpc) is 2.86. The summed E-state index contributed by atoms with van der Waals surface area (Å²) in [4.78, 5) is 39.5. The van der Waals surface area contributed by atoms with Crippen LogP contribution in [0, 0.1) is 0 Å². The number of amides is 3. The number of fused-ring (bicyclic) bond motifs is 2. The molecule has 2 aromatic rings. The van der Waals surface area contributed by atoms with Gasteiger partial charge < -0.3 is 5.32 Å². The van der Waals surface area contributed by atoms with Gasteiger partial charge in [-0.15, -0.1) is 11.8 Å². The van der Waals surface area contributed by atoms with Gasteiger partial charge in [-0.2, -0.15) is 0 Å². The second-order valence-electron chi connectivity index (χ2n) is 5.75. The first-order valence-electron chi connectivity index (χ1n) is 7.58. The summed E-state index contributed by atoms with van der Waals surface area (Å²) in [6, 6.07) is 14.7. The van der Waals surface area contributed by atoms with Crippen LogP contribution in [-0.4, -0.2) is 23.0 Å². The maximum Gasteiger partial charge on any atom is 0.243 e. The summed E-state index contributed by atoms with van der Waals surface area (Å²) in [7, 11) is 0. The summed E-state index contributed by atoms with van der Waals surface area (Å²) < 4.78 is 0. The van der Waals surface area contributed by atoms with Crippen molar-refractivity contribution < 1.29 is 14.4 Å². The van der Waals surface area contributed by atoms with E-state index < -0.39 is 11.2 Å². The highest BCUT2D eigenvalue weighted by Gasteiger charge is 2.47. The van der Waals surface area contributed by atoms with Crippen LogP contribution in [0.3, 0.4) is 0 Å². The Bertz CT molecular complexity index is 880. The van der Waals surface area contributed by atoms with Crippen LogP contribution in [0.5, 0.6) is 0 Å². The molecule has 24 heavy (non-hydrogen) atoms. The molecule has 2 aliphatic rings. The summed E-state index contributed by atoms with van der Waals surface area (Å²) in [6.45, 7) is 1.36. The molecule has 6 heteroatoms. The van der Waals surface area contributed by atoms with Gasteiger partial charge in [-0.3, -0.25) is 14.4 Å². The third-order valence-electron chi connectivity index (χ3n) is 4.27. The molecule has 0 aromatic heterocycles. The number of nitrogens with zero attached hydrogens (tertiary/aromatic N) is 1. The Balaban J connectivity index is 1.78. The van der Waals surface area contributed by atoms with Crippen molar-refractivity contribution >= 4 is 40.9 Å². The number of carbonyl (C=O) groups excluding carboxylic acids is 3. The number of hydrogen-bond donors (Lipinski definition) is 1. The molecule has 0 spiro atoms. The third kappa shape index (κ3) is 2.14. The van der Waals surface area contributed by atoms with Crippen LogP contribution < -0.4 is 10.2 Å². The van der Waals surface area contributed by atoms with E-state index in [1.807, 2.05) is 36.4 Å².